The van der Waals surface area contributed by atoms with Crippen molar-refractivity contribution >= 4 is 15.5 Å². The van der Waals surface area contributed by atoms with E-state index in [1.807, 2.05) is 20.8 Å². The summed E-state index contributed by atoms with van der Waals surface area (Å²) in [6, 6.07) is 0. The van der Waals surface area contributed by atoms with Crippen molar-refractivity contribution in [2.24, 2.45) is 0 Å². The van der Waals surface area contributed by atoms with E-state index in [0.717, 1.165) is 6.42 Å². The molecule has 0 unspecified atom stereocenters. The highest BCUT2D eigenvalue weighted by molar-refractivity contribution is 6.39. The van der Waals surface area contributed by atoms with Gasteiger partial charge in [0.2, 0.25) is 0 Å². The fourth-order valence-electron chi connectivity index (χ4n) is 0.759. The molecule has 0 saturated heterocycles. The van der Waals surface area contributed by atoms with Gasteiger partial charge in [-0.05, 0) is 20.3 Å². The van der Waals surface area contributed by atoms with Gasteiger partial charge in [-0.25, -0.2) is 0 Å². The predicted molar refractivity (Wildman–Crippen MR) is 51.4 cm³/mol. The van der Waals surface area contributed by atoms with E-state index in [2.05, 4.69) is 0 Å². The van der Waals surface area contributed by atoms with E-state index in [4.69, 9.17) is 13.3 Å². The summed E-state index contributed by atoms with van der Waals surface area (Å²) in [5.74, 6) is -0.221. The van der Waals surface area contributed by atoms with Crippen LogP contribution in [0.4, 0.5) is 0 Å². The Labute approximate surface area is 81.1 Å². The first-order chi connectivity index (χ1) is 6.24. The van der Waals surface area contributed by atoms with Crippen molar-refractivity contribution in [2.45, 2.75) is 33.6 Å². The molecule has 0 atom stereocenters. The van der Waals surface area contributed by atoms with Crippen LogP contribution in [-0.2, 0) is 18.1 Å². The third-order valence-corrected chi connectivity index (χ3v) is 2.95. The zero-order chi connectivity index (χ0) is 10.1. The summed E-state index contributed by atoms with van der Waals surface area (Å²) in [4.78, 5) is 11.1. The lowest BCUT2D eigenvalue weighted by atomic mass is 10.4. The summed E-state index contributed by atoms with van der Waals surface area (Å²) in [6.45, 7) is 6.69. The largest absolute Gasteiger partial charge is 0.551 e. The van der Waals surface area contributed by atoms with Gasteiger partial charge in [0.05, 0.1) is 0 Å². The van der Waals surface area contributed by atoms with Crippen LogP contribution in [0.2, 0.25) is 0 Å². The van der Waals surface area contributed by atoms with Crippen molar-refractivity contribution in [1.29, 1.82) is 0 Å². The maximum absolute atomic E-state index is 11.1. The third kappa shape index (κ3) is 6.74. The molecule has 4 nitrogen and oxygen atoms in total. The lowest BCUT2D eigenvalue weighted by Crippen LogP contribution is -2.30. The van der Waals surface area contributed by atoms with Gasteiger partial charge in [-0.3, -0.25) is 4.79 Å². The number of hydrogen-bond acceptors (Lipinski definition) is 4. The van der Waals surface area contributed by atoms with E-state index in [1.54, 1.807) is 0 Å². The zero-order valence-corrected chi connectivity index (χ0v) is 9.69. The van der Waals surface area contributed by atoms with Gasteiger partial charge in [-0.15, -0.1) is 0 Å². The van der Waals surface area contributed by atoms with E-state index >= 15 is 0 Å². The maximum Gasteiger partial charge on any atom is 0.551 e. The van der Waals surface area contributed by atoms with Crippen LogP contribution >= 0.6 is 0 Å². The Bertz CT molecular complexity index is 134. The highest BCUT2D eigenvalue weighted by atomic mass is 28.3. The topological polar surface area (TPSA) is 44.8 Å². The first-order valence-corrected chi connectivity index (χ1v) is 6.08. The minimum atomic E-state index is -2.17. The average molecular weight is 206 g/mol. The molecule has 0 spiro atoms. The molecule has 0 saturated carbocycles. The lowest BCUT2D eigenvalue weighted by molar-refractivity contribution is -0.137. The van der Waals surface area contributed by atoms with Crippen LogP contribution in [-0.4, -0.2) is 28.7 Å². The molecule has 0 aromatic rings. The summed E-state index contributed by atoms with van der Waals surface area (Å²) >= 11 is 0. The van der Waals surface area contributed by atoms with Crippen molar-refractivity contribution < 1.29 is 18.1 Å². The molecule has 0 radical (unpaired) electrons. The molecular weight excluding hydrogens is 188 g/mol. The minimum Gasteiger partial charge on any atom is -0.476 e. The first-order valence-electron chi connectivity index (χ1n) is 4.67. The molecule has 0 amide bonds. The Hall–Kier alpha value is -0.393. The van der Waals surface area contributed by atoms with Gasteiger partial charge in [-0.2, -0.15) is 0 Å². The van der Waals surface area contributed by atoms with Crippen LogP contribution in [0.1, 0.15) is 33.6 Å². The summed E-state index contributed by atoms with van der Waals surface area (Å²) in [6.07, 6.45) is 1.22. The van der Waals surface area contributed by atoms with Gasteiger partial charge >= 0.3 is 9.53 Å². The second-order valence-electron chi connectivity index (χ2n) is 2.44. The summed E-state index contributed by atoms with van der Waals surface area (Å²) in [7, 11) is -2.17. The first kappa shape index (κ1) is 12.6. The average Bonchev–Trinajstić information content (AvgIpc) is 2.05. The molecule has 0 N–H and O–H groups in total. The van der Waals surface area contributed by atoms with Gasteiger partial charge in [0, 0.05) is 19.6 Å². The molecule has 0 rings (SSSR count). The molecule has 0 heterocycles. The molecule has 0 aromatic carbocycles. The van der Waals surface area contributed by atoms with E-state index < -0.39 is 9.53 Å². The lowest BCUT2D eigenvalue weighted by Gasteiger charge is -2.14. The molecule has 0 fully saturated rings. The Kier molecular flexibility index (Phi) is 7.97. The molecule has 5 heteroatoms. The Morgan fingerprint density at radius 1 is 1.15 bits per heavy atom. The molecule has 0 aliphatic rings. The van der Waals surface area contributed by atoms with Crippen LogP contribution in [0.3, 0.4) is 0 Å². The number of carbonyl (C=O) groups excluding carboxylic acids is 1. The van der Waals surface area contributed by atoms with Crippen molar-refractivity contribution in [1.82, 2.24) is 0 Å². The Morgan fingerprint density at radius 3 is 2.08 bits per heavy atom. The summed E-state index contributed by atoms with van der Waals surface area (Å²) in [5, 5.41) is 0. The van der Waals surface area contributed by atoms with E-state index in [-0.39, 0.29) is 5.97 Å². The minimum absolute atomic E-state index is 0.221. The fraction of sp³-hybridized carbons (Fsp3) is 0.875. The van der Waals surface area contributed by atoms with Gasteiger partial charge in [0.15, 0.2) is 0 Å². The van der Waals surface area contributed by atoms with Gasteiger partial charge < -0.3 is 13.3 Å². The zero-order valence-electron chi connectivity index (χ0n) is 8.54. The quantitative estimate of drug-likeness (QED) is 0.586. The normalized spacial score (nSPS) is 10.5. The molecule has 0 bridgehead atoms. The molecular formula is C8H18O4Si. The fourth-order valence-corrected chi connectivity index (χ4v) is 1.87. The predicted octanol–water partition coefficient (Wildman–Crippen LogP) is 1.12. The number of hydrogen-bond donors (Lipinski definition) is 0. The van der Waals surface area contributed by atoms with Crippen LogP contribution in [0.25, 0.3) is 0 Å². The molecule has 0 aliphatic carbocycles. The van der Waals surface area contributed by atoms with Crippen molar-refractivity contribution in [2.75, 3.05) is 13.2 Å². The number of rotatable bonds is 7. The monoisotopic (exact) mass is 206 g/mol. The van der Waals surface area contributed by atoms with E-state index in [1.165, 1.54) is 0 Å². The standard InChI is InChI=1S/C8H18O4Si/c1-4-7-8(9)12-13(10-5-2)11-6-3/h13H,4-7H2,1-3H3. The molecule has 13 heavy (non-hydrogen) atoms. The molecule has 0 aromatic heterocycles. The SMILES string of the molecule is CCCC(=O)O[SiH](OCC)OCC. The van der Waals surface area contributed by atoms with E-state index in [9.17, 15) is 4.79 Å². The van der Waals surface area contributed by atoms with Gasteiger partial charge in [-0.1, -0.05) is 6.92 Å². The highest BCUT2D eigenvalue weighted by Gasteiger charge is 2.18. The van der Waals surface area contributed by atoms with Gasteiger partial charge in [0.1, 0.15) is 0 Å². The molecule has 78 valence electrons. The van der Waals surface area contributed by atoms with Crippen molar-refractivity contribution in [3.8, 4) is 0 Å². The summed E-state index contributed by atoms with van der Waals surface area (Å²) in [5.41, 5.74) is 0. The van der Waals surface area contributed by atoms with Crippen LogP contribution < -0.4 is 0 Å². The van der Waals surface area contributed by atoms with Crippen molar-refractivity contribution in [3.05, 3.63) is 0 Å². The second-order valence-corrected chi connectivity index (χ2v) is 3.92. The van der Waals surface area contributed by atoms with Crippen LogP contribution in [0.15, 0.2) is 0 Å². The second kappa shape index (κ2) is 8.22. The third-order valence-electron chi connectivity index (χ3n) is 1.29. The molecule has 0 aliphatic heterocycles. The Balaban J connectivity index is 3.71. The van der Waals surface area contributed by atoms with Crippen LogP contribution in [0.5, 0.6) is 0 Å². The van der Waals surface area contributed by atoms with E-state index in [0.29, 0.717) is 19.6 Å². The van der Waals surface area contributed by atoms with Gasteiger partial charge in [0.25, 0.3) is 5.97 Å². The summed E-state index contributed by atoms with van der Waals surface area (Å²) < 4.78 is 15.4. The van der Waals surface area contributed by atoms with Crippen LogP contribution in [0, 0.1) is 0 Å². The smallest absolute Gasteiger partial charge is 0.476 e. The number of carbonyl (C=O) groups is 1. The van der Waals surface area contributed by atoms with Crippen molar-refractivity contribution in [3.63, 3.8) is 0 Å². The maximum atomic E-state index is 11.1. The highest BCUT2D eigenvalue weighted by Crippen LogP contribution is 1.97. The Morgan fingerprint density at radius 2 is 1.69 bits per heavy atom.